The van der Waals surface area contributed by atoms with Gasteiger partial charge in [0.2, 0.25) is 11.8 Å². The van der Waals surface area contributed by atoms with Crippen LogP contribution in [0.25, 0.3) is 0 Å². The van der Waals surface area contributed by atoms with Crippen LogP contribution in [0.15, 0.2) is 31.9 Å². The average molecular weight is 377 g/mol. The predicted octanol–water partition coefficient (Wildman–Crippen LogP) is 0.376. The molecule has 3 rings (SSSR count). The molecule has 2 heterocycles. The zero-order valence-corrected chi connectivity index (χ0v) is 15.1. The molecular weight excluding hydrogens is 358 g/mol. The maximum Gasteiger partial charge on any atom is 0.328 e. The van der Waals surface area contributed by atoms with Crippen molar-refractivity contribution in [3.05, 3.63) is 50.6 Å². The number of carbonyl (C=O) groups is 1. The number of nitrogens with zero attached hydrogens (tertiary/aromatic N) is 3. The average Bonchev–Trinajstić information content (AvgIpc) is 3.29. The van der Waals surface area contributed by atoms with E-state index in [1.807, 2.05) is 0 Å². The Bertz CT molecular complexity index is 941. The smallest absolute Gasteiger partial charge is 0.328 e. The molecule has 0 radical (unpaired) electrons. The van der Waals surface area contributed by atoms with Gasteiger partial charge in [-0.05, 0) is 19.8 Å². The second-order valence-corrected chi connectivity index (χ2v) is 6.93. The first kappa shape index (κ1) is 18.2. The number of thioether (sulfide) groups is 1. The first-order valence-corrected chi connectivity index (χ1v) is 9.14. The van der Waals surface area contributed by atoms with Gasteiger partial charge in [0.15, 0.2) is 0 Å². The molecule has 138 valence electrons. The van der Waals surface area contributed by atoms with E-state index in [0.717, 1.165) is 29.2 Å². The van der Waals surface area contributed by atoms with Gasteiger partial charge in [0.05, 0.1) is 12.2 Å². The largest absolute Gasteiger partial charge is 0.416 e. The SMILES string of the molecule is C=CCn1c(=O)[nH]c(C)c(Cc2nnc(SCC(=O)NC3CC3)o2)c1=O. The number of hydrogen-bond donors (Lipinski definition) is 2. The van der Waals surface area contributed by atoms with Gasteiger partial charge in [0, 0.05) is 23.8 Å². The van der Waals surface area contributed by atoms with E-state index in [4.69, 9.17) is 4.42 Å². The number of aromatic amines is 1. The summed E-state index contributed by atoms with van der Waals surface area (Å²) in [6.45, 7) is 5.30. The second-order valence-electron chi connectivity index (χ2n) is 6.01. The number of allylic oxidation sites excluding steroid dienone is 1. The summed E-state index contributed by atoms with van der Waals surface area (Å²) in [5, 5.41) is 10.9. The van der Waals surface area contributed by atoms with Gasteiger partial charge in [-0.1, -0.05) is 17.8 Å². The molecular formula is C16H19N5O4S. The summed E-state index contributed by atoms with van der Waals surface area (Å²) in [5.41, 5.74) is -0.0726. The number of nitrogens with one attached hydrogen (secondary N) is 2. The van der Waals surface area contributed by atoms with Crippen LogP contribution >= 0.6 is 11.8 Å². The summed E-state index contributed by atoms with van der Waals surface area (Å²) in [5.74, 6) is 0.371. The fraction of sp³-hybridized carbons (Fsp3) is 0.438. The minimum absolute atomic E-state index is 0.0685. The fourth-order valence-electron chi connectivity index (χ4n) is 2.37. The number of aromatic nitrogens is 4. The molecule has 0 saturated heterocycles. The molecule has 2 aromatic heterocycles. The molecule has 1 aliphatic rings. The summed E-state index contributed by atoms with van der Waals surface area (Å²) >= 11 is 1.15. The lowest BCUT2D eigenvalue weighted by molar-refractivity contribution is -0.118. The van der Waals surface area contributed by atoms with Gasteiger partial charge < -0.3 is 14.7 Å². The van der Waals surface area contributed by atoms with E-state index in [9.17, 15) is 14.4 Å². The van der Waals surface area contributed by atoms with Crippen LogP contribution in [0, 0.1) is 6.92 Å². The minimum atomic E-state index is -0.486. The van der Waals surface area contributed by atoms with Crippen molar-refractivity contribution in [3.63, 3.8) is 0 Å². The third kappa shape index (κ3) is 4.31. The number of H-pyrrole nitrogens is 1. The van der Waals surface area contributed by atoms with Crippen molar-refractivity contribution in [1.29, 1.82) is 0 Å². The zero-order valence-electron chi connectivity index (χ0n) is 14.3. The third-order valence-electron chi connectivity index (χ3n) is 3.85. The highest BCUT2D eigenvalue weighted by Gasteiger charge is 2.23. The lowest BCUT2D eigenvalue weighted by atomic mass is 10.1. The summed E-state index contributed by atoms with van der Waals surface area (Å²) in [4.78, 5) is 38.7. The highest BCUT2D eigenvalue weighted by Crippen LogP contribution is 2.20. The van der Waals surface area contributed by atoms with Crippen molar-refractivity contribution in [2.24, 2.45) is 0 Å². The molecule has 2 aromatic rings. The molecule has 9 nitrogen and oxygen atoms in total. The molecule has 0 spiro atoms. The van der Waals surface area contributed by atoms with Gasteiger partial charge in [0.1, 0.15) is 0 Å². The molecule has 0 unspecified atom stereocenters. The molecule has 0 aliphatic heterocycles. The van der Waals surface area contributed by atoms with Gasteiger partial charge in [0.25, 0.3) is 10.8 Å². The minimum Gasteiger partial charge on any atom is -0.416 e. The van der Waals surface area contributed by atoms with Crippen LogP contribution in [-0.2, 0) is 17.8 Å². The highest BCUT2D eigenvalue weighted by molar-refractivity contribution is 7.99. The van der Waals surface area contributed by atoms with E-state index in [0.29, 0.717) is 17.3 Å². The summed E-state index contributed by atoms with van der Waals surface area (Å²) in [6, 6.07) is 0.308. The molecule has 26 heavy (non-hydrogen) atoms. The predicted molar refractivity (Wildman–Crippen MR) is 95.2 cm³/mol. The lowest BCUT2D eigenvalue weighted by Gasteiger charge is -2.06. The molecule has 0 bridgehead atoms. The van der Waals surface area contributed by atoms with Crippen LogP contribution in [0.5, 0.6) is 0 Å². The topological polar surface area (TPSA) is 123 Å². The molecule has 1 aliphatic carbocycles. The van der Waals surface area contributed by atoms with Gasteiger partial charge in [-0.15, -0.1) is 16.8 Å². The standard InChI is InChI=1S/C16H19N5O4S/c1-3-6-21-14(23)11(9(2)17-15(21)24)7-13-19-20-16(25-13)26-8-12(22)18-10-4-5-10/h3,10H,1,4-8H2,2H3,(H,17,24)(H,18,22). The summed E-state index contributed by atoms with van der Waals surface area (Å²) in [6.07, 6.45) is 3.64. The molecule has 1 saturated carbocycles. The summed E-state index contributed by atoms with van der Waals surface area (Å²) in [7, 11) is 0. The van der Waals surface area contributed by atoms with E-state index >= 15 is 0 Å². The first-order valence-electron chi connectivity index (χ1n) is 8.16. The van der Waals surface area contributed by atoms with Gasteiger partial charge >= 0.3 is 5.69 Å². The fourth-order valence-corrected chi connectivity index (χ4v) is 2.96. The Labute approximate surface area is 152 Å². The van der Waals surface area contributed by atoms with Crippen molar-refractivity contribution < 1.29 is 9.21 Å². The van der Waals surface area contributed by atoms with Gasteiger partial charge in [-0.2, -0.15) is 0 Å². The van der Waals surface area contributed by atoms with Gasteiger partial charge in [-0.25, -0.2) is 4.79 Å². The van der Waals surface area contributed by atoms with Crippen molar-refractivity contribution >= 4 is 17.7 Å². The number of carbonyl (C=O) groups excluding carboxylic acids is 1. The number of aryl methyl sites for hydroxylation is 1. The van der Waals surface area contributed by atoms with Crippen LogP contribution in [-0.4, -0.2) is 37.5 Å². The molecule has 1 fully saturated rings. The highest BCUT2D eigenvalue weighted by atomic mass is 32.2. The van der Waals surface area contributed by atoms with Crippen molar-refractivity contribution in [1.82, 2.24) is 25.1 Å². The Morgan fingerprint density at radius 2 is 2.23 bits per heavy atom. The van der Waals surface area contributed by atoms with Crippen LogP contribution < -0.4 is 16.6 Å². The molecule has 0 aromatic carbocycles. The normalized spacial score (nSPS) is 13.6. The lowest BCUT2D eigenvalue weighted by Crippen LogP contribution is -2.37. The first-order chi connectivity index (χ1) is 12.5. The van der Waals surface area contributed by atoms with Crippen LogP contribution in [0.4, 0.5) is 0 Å². The molecule has 0 atom stereocenters. The van der Waals surface area contributed by atoms with Crippen molar-refractivity contribution in [2.45, 2.75) is 44.0 Å². The van der Waals surface area contributed by atoms with Crippen molar-refractivity contribution in [2.75, 3.05) is 5.75 Å². The van der Waals surface area contributed by atoms with E-state index in [1.165, 1.54) is 6.08 Å². The van der Waals surface area contributed by atoms with Crippen LogP contribution in [0.2, 0.25) is 0 Å². The van der Waals surface area contributed by atoms with E-state index < -0.39 is 11.2 Å². The number of rotatable bonds is 8. The number of amides is 1. The number of hydrogen-bond acceptors (Lipinski definition) is 7. The van der Waals surface area contributed by atoms with Crippen LogP contribution in [0.1, 0.15) is 30.0 Å². The third-order valence-corrected chi connectivity index (χ3v) is 4.67. The quantitative estimate of drug-likeness (QED) is 0.503. The molecule has 2 N–H and O–H groups in total. The Morgan fingerprint density at radius 3 is 2.92 bits per heavy atom. The maximum atomic E-state index is 12.5. The Kier molecular flexibility index (Phi) is 5.40. The van der Waals surface area contributed by atoms with E-state index in [2.05, 4.69) is 27.1 Å². The van der Waals surface area contributed by atoms with Crippen molar-refractivity contribution in [3.8, 4) is 0 Å². The molecule has 1 amide bonds. The Balaban J connectivity index is 1.69. The maximum absolute atomic E-state index is 12.5. The Morgan fingerprint density at radius 1 is 1.46 bits per heavy atom. The summed E-state index contributed by atoms with van der Waals surface area (Å²) < 4.78 is 6.56. The van der Waals surface area contributed by atoms with E-state index in [-0.39, 0.29) is 35.7 Å². The van der Waals surface area contributed by atoms with Gasteiger partial charge in [-0.3, -0.25) is 14.2 Å². The Hall–Kier alpha value is -2.62. The van der Waals surface area contributed by atoms with Crippen LogP contribution in [0.3, 0.4) is 0 Å². The zero-order chi connectivity index (χ0) is 18.7. The van der Waals surface area contributed by atoms with E-state index in [1.54, 1.807) is 6.92 Å². The molecule has 10 heteroatoms. The monoisotopic (exact) mass is 377 g/mol. The second kappa shape index (κ2) is 7.73.